The number of hydrogen-bond acceptors (Lipinski definition) is 4. The SMILES string of the molecule is CCCNC1CCCCCC1N(CCOC)CCOC. The van der Waals surface area contributed by atoms with Crippen molar-refractivity contribution < 1.29 is 9.47 Å². The highest BCUT2D eigenvalue weighted by Gasteiger charge is 2.28. The van der Waals surface area contributed by atoms with Crippen LogP contribution in [0, 0.1) is 0 Å². The lowest BCUT2D eigenvalue weighted by atomic mass is 10.0. The molecule has 1 aliphatic rings. The van der Waals surface area contributed by atoms with Crippen molar-refractivity contribution in [3.63, 3.8) is 0 Å². The molecular formula is C16H34N2O2. The molecular weight excluding hydrogens is 252 g/mol. The third-order valence-electron chi connectivity index (χ3n) is 4.27. The third kappa shape index (κ3) is 6.53. The van der Waals surface area contributed by atoms with Gasteiger partial charge < -0.3 is 14.8 Å². The van der Waals surface area contributed by atoms with Crippen molar-refractivity contribution in [3.8, 4) is 0 Å². The van der Waals surface area contributed by atoms with Crippen molar-refractivity contribution >= 4 is 0 Å². The van der Waals surface area contributed by atoms with Gasteiger partial charge in [-0.15, -0.1) is 0 Å². The summed E-state index contributed by atoms with van der Waals surface area (Å²) >= 11 is 0. The Bertz CT molecular complexity index is 219. The Hall–Kier alpha value is -0.160. The summed E-state index contributed by atoms with van der Waals surface area (Å²) in [6, 6.07) is 1.26. The monoisotopic (exact) mass is 286 g/mol. The summed E-state index contributed by atoms with van der Waals surface area (Å²) in [5.74, 6) is 0. The zero-order valence-electron chi connectivity index (χ0n) is 13.7. The molecule has 1 fully saturated rings. The molecule has 1 aliphatic carbocycles. The van der Waals surface area contributed by atoms with Crippen LogP contribution in [-0.4, -0.2) is 64.1 Å². The highest BCUT2D eigenvalue weighted by Crippen LogP contribution is 2.22. The van der Waals surface area contributed by atoms with E-state index < -0.39 is 0 Å². The second-order valence-corrected chi connectivity index (χ2v) is 5.79. The van der Waals surface area contributed by atoms with E-state index in [1.807, 2.05) is 0 Å². The van der Waals surface area contributed by atoms with Crippen LogP contribution in [-0.2, 0) is 9.47 Å². The van der Waals surface area contributed by atoms with Crippen LogP contribution in [0.2, 0.25) is 0 Å². The standard InChI is InChI=1S/C16H34N2O2/c1-4-10-17-15-8-6-5-7-9-16(15)18(11-13-19-2)12-14-20-3/h15-17H,4-14H2,1-3H3. The van der Waals surface area contributed by atoms with Crippen LogP contribution in [0.3, 0.4) is 0 Å². The predicted molar refractivity (Wildman–Crippen MR) is 84.3 cm³/mol. The molecule has 0 bridgehead atoms. The van der Waals surface area contributed by atoms with E-state index in [9.17, 15) is 0 Å². The van der Waals surface area contributed by atoms with E-state index in [1.165, 1.54) is 38.5 Å². The number of nitrogens with one attached hydrogen (secondary N) is 1. The molecule has 0 saturated heterocycles. The summed E-state index contributed by atoms with van der Waals surface area (Å²) in [5, 5.41) is 3.77. The van der Waals surface area contributed by atoms with Crippen LogP contribution in [0.15, 0.2) is 0 Å². The molecule has 0 spiro atoms. The fraction of sp³-hybridized carbons (Fsp3) is 1.00. The minimum atomic E-state index is 0.631. The number of nitrogens with zero attached hydrogens (tertiary/aromatic N) is 1. The molecule has 1 saturated carbocycles. The molecule has 2 unspecified atom stereocenters. The molecule has 0 aromatic carbocycles. The summed E-state index contributed by atoms with van der Waals surface area (Å²) in [4.78, 5) is 2.58. The van der Waals surface area contributed by atoms with Crippen LogP contribution < -0.4 is 5.32 Å². The van der Waals surface area contributed by atoms with Crippen LogP contribution in [0.25, 0.3) is 0 Å². The minimum Gasteiger partial charge on any atom is -0.383 e. The van der Waals surface area contributed by atoms with Crippen molar-refractivity contribution in [1.29, 1.82) is 0 Å². The van der Waals surface area contributed by atoms with Crippen molar-refractivity contribution in [2.45, 2.75) is 57.5 Å². The first kappa shape index (κ1) is 17.9. The van der Waals surface area contributed by atoms with E-state index in [-0.39, 0.29) is 0 Å². The van der Waals surface area contributed by atoms with Crippen LogP contribution in [0.4, 0.5) is 0 Å². The first-order valence-corrected chi connectivity index (χ1v) is 8.28. The molecule has 1 N–H and O–H groups in total. The van der Waals surface area contributed by atoms with Crippen molar-refractivity contribution in [2.24, 2.45) is 0 Å². The van der Waals surface area contributed by atoms with Gasteiger partial charge >= 0.3 is 0 Å². The summed E-state index contributed by atoms with van der Waals surface area (Å²) in [6.07, 6.45) is 7.91. The van der Waals surface area contributed by atoms with Gasteiger partial charge in [-0.2, -0.15) is 0 Å². The van der Waals surface area contributed by atoms with Gasteiger partial charge in [0.15, 0.2) is 0 Å². The summed E-state index contributed by atoms with van der Waals surface area (Å²) in [5.41, 5.74) is 0. The summed E-state index contributed by atoms with van der Waals surface area (Å²) < 4.78 is 10.6. The number of hydrogen-bond donors (Lipinski definition) is 1. The van der Waals surface area contributed by atoms with Gasteiger partial charge in [-0.3, -0.25) is 4.90 Å². The summed E-state index contributed by atoms with van der Waals surface area (Å²) in [6.45, 7) is 7.00. The Morgan fingerprint density at radius 3 is 2.25 bits per heavy atom. The van der Waals surface area contributed by atoms with Gasteiger partial charge in [0, 0.05) is 39.4 Å². The Morgan fingerprint density at radius 1 is 1.00 bits per heavy atom. The Morgan fingerprint density at radius 2 is 1.65 bits per heavy atom. The smallest absolute Gasteiger partial charge is 0.0589 e. The molecule has 0 aliphatic heterocycles. The largest absolute Gasteiger partial charge is 0.383 e. The molecule has 0 aromatic heterocycles. The molecule has 0 amide bonds. The van der Waals surface area contributed by atoms with Gasteiger partial charge in [0.25, 0.3) is 0 Å². The van der Waals surface area contributed by atoms with Gasteiger partial charge in [-0.25, -0.2) is 0 Å². The Labute approximate surface area is 125 Å². The quantitative estimate of drug-likeness (QED) is 0.625. The molecule has 0 radical (unpaired) electrons. The zero-order valence-corrected chi connectivity index (χ0v) is 13.7. The Kier molecular flexibility index (Phi) is 10.3. The molecule has 0 heterocycles. The lowest BCUT2D eigenvalue weighted by Crippen LogP contribution is -2.51. The van der Waals surface area contributed by atoms with Crippen LogP contribution >= 0.6 is 0 Å². The number of methoxy groups -OCH3 is 2. The fourth-order valence-electron chi connectivity index (χ4n) is 3.15. The van der Waals surface area contributed by atoms with Gasteiger partial charge in [0.2, 0.25) is 0 Å². The van der Waals surface area contributed by atoms with Crippen molar-refractivity contribution in [1.82, 2.24) is 10.2 Å². The van der Waals surface area contributed by atoms with E-state index >= 15 is 0 Å². The number of rotatable bonds is 10. The van der Waals surface area contributed by atoms with Gasteiger partial charge in [-0.05, 0) is 25.8 Å². The zero-order chi connectivity index (χ0) is 14.6. The fourth-order valence-corrected chi connectivity index (χ4v) is 3.15. The van der Waals surface area contributed by atoms with E-state index in [4.69, 9.17) is 9.47 Å². The van der Waals surface area contributed by atoms with E-state index in [1.54, 1.807) is 14.2 Å². The predicted octanol–water partition coefficient (Wildman–Crippen LogP) is 2.28. The lowest BCUT2D eigenvalue weighted by Gasteiger charge is -2.36. The molecule has 4 nitrogen and oxygen atoms in total. The first-order chi connectivity index (χ1) is 9.83. The third-order valence-corrected chi connectivity index (χ3v) is 4.27. The van der Waals surface area contributed by atoms with Crippen molar-refractivity contribution in [2.75, 3.05) is 47.1 Å². The maximum atomic E-state index is 5.29. The highest BCUT2D eigenvalue weighted by molar-refractivity contribution is 4.87. The summed E-state index contributed by atoms with van der Waals surface area (Å²) in [7, 11) is 3.57. The Balaban J connectivity index is 2.63. The minimum absolute atomic E-state index is 0.631. The second kappa shape index (κ2) is 11.5. The highest BCUT2D eigenvalue weighted by atomic mass is 16.5. The van der Waals surface area contributed by atoms with E-state index in [2.05, 4.69) is 17.1 Å². The average Bonchev–Trinajstić information content (AvgIpc) is 2.71. The topological polar surface area (TPSA) is 33.7 Å². The molecule has 1 rings (SSSR count). The average molecular weight is 286 g/mol. The molecule has 120 valence electrons. The second-order valence-electron chi connectivity index (χ2n) is 5.79. The van der Waals surface area contributed by atoms with E-state index in [0.717, 1.165) is 32.8 Å². The van der Waals surface area contributed by atoms with E-state index in [0.29, 0.717) is 12.1 Å². The van der Waals surface area contributed by atoms with Crippen molar-refractivity contribution in [3.05, 3.63) is 0 Å². The number of ether oxygens (including phenoxy) is 2. The first-order valence-electron chi connectivity index (χ1n) is 8.28. The van der Waals surface area contributed by atoms with Gasteiger partial charge in [-0.1, -0.05) is 26.2 Å². The maximum Gasteiger partial charge on any atom is 0.0589 e. The van der Waals surface area contributed by atoms with Crippen LogP contribution in [0.5, 0.6) is 0 Å². The van der Waals surface area contributed by atoms with Gasteiger partial charge in [0.1, 0.15) is 0 Å². The molecule has 4 heteroatoms. The van der Waals surface area contributed by atoms with Crippen LogP contribution in [0.1, 0.15) is 45.4 Å². The van der Waals surface area contributed by atoms with Gasteiger partial charge in [0.05, 0.1) is 13.2 Å². The normalized spacial score (nSPS) is 24.0. The lowest BCUT2D eigenvalue weighted by molar-refractivity contribution is 0.0704. The molecule has 0 aromatic rings. The molecule has 20 heavy (non-hydrogen) atoms. The maximum absolute atomic E-state index is 5.29. The molecule has 2 atom stereocenters.